The molecule has 3 N–H and O–H groups in total. The minimum Gasteiger partial charge on any atom is -0.488 e. The summed E-state index contributed by atoms with van der Waals surface area (Å²) < 4.78 is 54.8. The second kappa shape index (κ2) is 13.2. The first-order chi connectivity index (χ1) is 18.0. The average molecular weight is 536 g/mol. The van der Waals surface area contributed by atoms with Crippen molar-refractivity contribution < 1.29 is 37.0 Å². The van der Waals surface area contributed by atoms with E-state index in [9.17, 15) is 22.8 Å². The number of primary amides is 1. The third-order valence-corrected chi connectivity index (χ3v) is 5.67. The van der Waals surface area contributed by atoms with Crippen molar-refractivity contribution in [2.24, 2.45) is 5.73 Å². The van der Waals surface area contributed by atoms with E-state index in [0.29, 0.717) is 31.5 Å². The summed E-state index contributed by atoms with van der Waals surface area (Å²) in [4.78, 5) is 23.2. The predicted molar refractivity (Wildman–Crippen MR) is 136 cm³/mol. The van der Waals surface area contributed by atoms with E-state index < -0.39 is 18.7 Å². The summed E-state index contributed by atoms with van der Waals surface area (Å²) in [6.45, 7) is 3.47. The molecule has 206 valence electrons. The molecule has 11 heteroatoms. The number of amides is 1. The maximum absolute atomic E-state index is 12.5. The lowest BCUT2D eigenvalue weighted by molar-refractivity contribution is -0.153. The van der Waals surface area contributed by atoms with Crippen LogP contribution in [-0.2, 0) is 22.5 Å². The molecule has 1 aromatic heterocycles. The fourth-order valence-electron chi connectivity index (χ4n) is 4.09. The van der Waals surface area contributed by atoms with Gasteiger partial charge in [0.1, 0.15) is 6.61 Å². The number of alkyl halides is 3. The van der Waals surface area contributed by atoms with Gasteiger partial charge in [-0.05, 0) is 55.7 Å². The number of hydrogen-bond donors (Lipinski definition) is 2. The normalized spacial score (nSPS) is 12.3. The Labute approximate surface area is 218 Å². The van der Waals surface area contributed by atoms with Gasteiger partial charge in [0.2, 0.25) is 0 Å². The van der Waals surface area contributed by atoms with E-state index in [1.807, 2.05) is 29.8 Å². The third-order valence-electron chi connectivity index (χ3n) is 5.67. The molecule has 0 bridgehead atoms. The van der Waals surface area contributed by atoms with Gasteiger partial charge in [0.05, 0.1) is 17.7 Å². The molecule has 1 heterocycles. The lowest BCUT2D eigenvalue weighted by Gasteiger charge is -2.17. The Morgan fingerprint density at radius 3 is 2.45 bits per heavy atom. The Morgan fingerprint density at radius 1 is 1.08 bits per heavy atom. The molecule has 0 spiro atoms. The molecule has 0 aliphatic heterocycles. The van der Waals surface area contributed by atoms with E-state index in [0.717, 1.165) is 16.5 Å². The molecule has 3 rings (SSSR count). The van der Waals surface area contributed by atoms with Crippen LogP contribution in [0, 0.1) is 0 Å². The van der Waals surface area contributed by atoms with Crippen molar-refractivity contribution in [3.05, 3.63) is 59.8 Å². The number of aryl methyl sites for hydroxylation is 1. The summed E-state index contributed by atoms with van der Waals surface area (Å²) >= 11 is 0. The van der Waals surface area contributed by atoms with E-state index in [4.69, 9.17) is 19.9 Å². The van der Waals surface area contributed by atoms with Gasteiger partial charge in [0.15, 0.2) is 18.1 Å². The molecule has 0 saturated carbocycles. The number of benzene rings is 2. The van der Waals surface area contributed by atoms with E-state index >= 15 is 0 Å². The van der Waals surface area contributed by atoms with Gasteiger partial charge in [0, 0.05) is 37.6 Å². The number of fused-ring (bicyclic) bond motifs is 1. The number of nitrogens with zero attached hydrogens (tertiary/aromatic N) is 1. The van der Waals surface area contributed by atoms with Crippen LogP contribution in [0.4, 0.5) is 13.2 Å². The summed E-state index contributed by atoms with van der Waals surface area (Å²) in [5.41, 5.74) is 7.77. The first-order valence-electron chi connectivity index (χ1n) is 12.2. The molecule has 0 saturated heterocycles. The molecule has 1 unspecified atom stereocenters. The highest BCUT2D eigenvalue weighted by atomic mass is 19.4. The molecule has 0 radical (unpaired) electrons. The zero-order chi connectivity index (χ0) is 27.7. The largest absolute Gasteiger partial charge is 0.488 e. The highest BCUT2D eigenvalue weighted by Crippen LogP contribution is 2.28. The van der Waals surface area contributed by atoms with Gasteiger partial charge < -0.3 is 29.8 Å². The summed E-state index contributed by atoms with van der Waals surface area (Å²) in [5.74, 6) is -0.598. The van der Waals surface area contributed by atoms with Crippen molar-refractivity contribution in [2.45, 2.75) is 45.5 Å². The number of nitrogens with two attached hydrogens (primary N) is 1. The molecular formula is C27H32F3N3O5. The highest BCUT2D eigenvalue weighted by molar-refractivity contribution is 6.05. The summed E-state index contributed by atoms with van der Waals surface area (Å²) in [5, 5.41) is 4.20. The number of para-hydroxylation sites is 2. The molecule has 0 aliphatic carbocycles. The van der Waals surface area contributed by atoms with Crippen molar-refractivity contribution in [3.63, 3.8) is 0 Å². The molecule has 3 aromatic rings. The zero-order valence-electron chi connectivity index (χ0n) is 21.3. The van der Waals surface area contributed by atoms with Gasteiger partial charge in [-0.15, -0.1) is 0 Å². The zero-order valence-corrected chi connectivity index (χ0v) is 21.3. The van der Waals surface area contributed by atoms with Gasteiger partial charge >= 0.3 is 12.1 Å². The van der Waals surface area contributed by atoms with Crippen LogP contribution >= 0.6 is 0 Å². The summed E-state index contributed by atoms with van der Waals surface area (Å²) in [6.07, 6.45) is -1.34. The minimum absolute atomic E-state index is 0.0133. The van der Waals surface area contributed by atoms with Crippen molar-refractivity contribution in [3.8, 4) is 11.5 Å². The lowest BCUT2D eigenvalue weighted by Crippen LogP contribution is -2.32. The first-order valence-corrected chi connectivity index (χ1v) is 12.2. The highest BCUT2D eigenvalue weighted by Gasteiger charge is 2.29. The quantitative estimate of drug-likeness (QED) is 0.237. The Bertz CT molecular complexity index is 1240. The lowest BCUT2D eigenvalue weighted by atomic mass is 10.0. The first kappa shape index (κ1) is 28.8. The Balaban J connectivity index is 1.56. The van der Waals surface area contributed by atoms with Gasteiger partial charge in [-0.3, -0.25) is 9.59 Å². The monoisotopic (exact) mass is 535 g/mol. The maximum Gasteiger partial charge on any atom is 0.422 e. The van der Waals surface area contributed by atoms with Crippen LogP contribution in [0.2, 0.25) is 0 Å². The van der Waals surface area contributed by atoms with E-state index in [2.05, 4.69) is 5.32 Å². The number of hydrogen-bond acceptors (Lipinski definition) is 6. The number of nitrogens with one attached hydrogen (secondary N) is 1. The van der Waals surface area contributed by atoms with Crippen LogP contribution in [0.15, 0.2) is 48.7 Å². The molecule has 1 amide bonds. The molecule has 38 heavy (non-hydrogen) atoms. The van der Waals surface area contributed by atoms with Crippen molar-refractivity contribution in [2.75, 3.05) is 26.4 Å². The molecule has 1 atom stereocenters. The van der Waals surface area contributed by atoms with Crippen molar-refractivity contribution in [1.29, 1.82) is 0 Å². The van der Waals surface area contributed by atoms with Crippen molar-refractivity contribution >= 4 is 22.8 Å². The summed E-state index contributed by atoms with van der Waals surface area (Å²) in [7, 11) is 0. The molecule has 0 aliphatic rings. The third kappa shape index (κ3) is 8.69. The maximum atomic E-state index is 12.5. The second-order valence-corrected chi connectivity index (χ2v) is 8.91. The fraction of sp³-hybridized carbons (Fsp3) is 0.407. The smallest absolute Gasteiger partial charge is 0.422 e. The standard InChI is InChI=1S/C27H32F3N3O5/c1-18(32-9-13-37-23-6-3-4-7-24(23)38-17-27(28,29)30)14-20-15-21-8-11-33(10-5-12-36-19(2)34)25(21)22(16-20)26(31)35/h3-4,6-8,11,15-16,18,32H,5,9-10,12-14,17H2,1-2H3,(H2,31,35). The van der Waals surface area contributed by atoms with E-state index in [1.54, 1.807) is 24.3 Å². The van der Waals surface area contributed by atoms with Gasteiger partial charge in [-0.25, -0.2) is 0 Å². The molecular weight excluding hydrogens is 503 g/mol. The second-order valence-electron chi connectivity index (χ2n) is 8.91. The Morgan fingerprint density at radius 2 is 1.79 bits per heavy atom. The van der Waals surface area contributed by atoms with E-state index in [1.165, 1.54) is 13.0 Å². The van der Waals surface area contributed by atoms with Crippen LogP contribution < -0.4 is 20.5 Å². The number of rotatable bonds is 14. The molecule has 0 fully saturated rings. The average Bonchev–Trinajstić information content (AvgIpc) is 3.25. The van der Waals surface area contributed by atoms with Gasteiger partial charge in [-0.1, -0.05) is 12.1 Å². The van der Waals surface area contributed by atoms with Crippen LogP contribution in [0.5, 0.6) is 11.5 Å². The SMILES string of the molecule is CC(=O)OCCCn1ccc2cc(CC(C)NCCOc3ccccc3OCC(F)(F)F)cc(C(N)=O)c21. The Hall–Kier alpha value is -3.73. The van der Waals surface area contributed by atoms with Crippen LogP contribution in [0.1, 0.15) is 36.2 Å². The van der Waals surface area contributed by atoms with Gasteiger partial charge in [-0.2, -0.15) is 13.2 Å². The molecule has 2 aromatic carbocycles. The minimum atomic E-state index is -4.44. The van der Waals surface area contributed by atoms with Crippen LogP contribution in [0.25, 0.3) is 10.9 Å². The number of aromatic nitrogens is 1. The predicted octanol–water partition coefficient (Wildman–Crippen LogP) is 4.23. The topological polar surface area (TPSA) is 105 Å². The van der Waals surface area contributed by atoms with Crippen LogP contribution in [0.3, 0.4) is 0 Å². The number of ether oxygens (including phenoxy) is 3. The summed E-state index contributed by atoms with van der Waals surface area (Å²) in [6, 6.07) is 11.9. The van der Waals surface area contributed by atoms with E-state index in [-0.39, 0.29) is 36.7 Å². The number of halogens is 3. The number of esters is 1. The number of carbonyl (C=O) groups is 2. The number of carbonyl (C=O) groups excluding carboxylic acids is 2. The van der Waals surface area contributed by atoms with Gasteiger partial charge in [0.25, 0.3) is 5.91 Å². The molecule has 8 nitrogen and oxygen atoms in total. The Kier molecular flexibility index (Phi) is 10.0. The van der Waals surface area contributed by atoms with Crippen LogP contribution in [-0.4, -0.2) is 55.0 Å². The fourth-order valence-corrected chi connectivity index (χ4v) is 4.09. The van der Waals surface area contributed by atoms with Crippen molar-refractivity contribution in [1.82, 2.24) is 9.88 Å².